The zero-order chi connectivity index (χ0) is 26.6. The molecule has 5 aliphatic rings. The average Bonchev–Trinajstić information content (AvgIpc) is 3.82. The Morgan fingerprint density at radius 3 is 2.63 bits per heavy atom. The summed E-state index contributed by atoms with van der Waals surface area (Å²) in [4.78, 5) is 12.4. The molecule has 0 aromatic carbocycles. The molecular formula is C30H50N6O2. The normalized spacial score (nSPS) is 35.9. The Labute approximate surface area is 228 Å². The molecule has 8 atom stereocenters. The zero-order valence-corrected chi connectivity index (χ0v) is 23.2. The molecule has 3 saturated carbocycles. The largest absolute Gasteiger partial charge is 0.378 e. The maximum atomic E-state index is 12.4. The number of allylic oxidation sites excluding steroid dienone is 2. The first-order valence-electron chi connectivity index (χ1n) is 15.2. The molecule has 0 bridgehead atoms. The molecule has 2 heterocycles. The molecule has 38 heavy (non-hydrogen) atoms. The van der Waals surface area contributed by atoms with E-state index in [0.717, 1.165) is 88.4 Å². The summed E-state index contributed by atoms with van der Waals surface area (Å²) < 4.78 is 0. The summed E-state index contributed by atoms with van der Waals surface area (Å²) in [6.45, 7) is 11.9. The van der Waals surface area contributed by atoms with Crippen molar-refractivity contribution in [3.63, 3.8) is 0 Å². The molecule has 3 aliphatic carbocycles. The highest BCUT2D eigenvalue weighted by Crippen LogP contribution is 2.34. The number of hydrogen-bond donors (Lipinski definition) is 7. The Bertz CT molecular complexity index is 884. The Kier molecular flexibility index (Phi) is 9.26. The van der Waals surface area contributed by atoms with Gasteiger partial charge in [-0.2, -0.15) is 0 Å². The van der Waals surface area contributed by atoms with Crippen molar-refractivity contribution in [2.24, 2.45) is 17.8 Å². The van der Waals surface area contributed by atoms with Crippen LogP contribution in [0.3, 0.4) is 0 Å². The third-order valence-electron chi connectivity index (χ3n) is 9.20. The van der Waals surface area contributed by atoms with E-state index < -0.39 is 0 Å². The number of hydrogen-bond acceptors (Lipinski definition) is 7. The molecule has 0 aromatic rings. The van der Waals surface area contributed by atoms with E-state index in [2.05, 4.69) is 64.1 Å². The monoisotopic (exact) mass is 526 g/mol. The number of carbonyl (C=O) groups excluding carboxylic acids is 1. The van der Waals surface area contributed by atoms with Crippen LogP contribution in [0.25, 0.3) is 0 Å². The summed E-state index contributed by atoms with van der Waals surface area (Å²) in [5.41, 5.74) is 2.13. The third kappa shape index (κ3) is 7.27. The number of aliphatic hydroxyl groups is 1. The Balaban J connectivity index is 1.19. The van der Waals surface area contributed by atoms with E-state index >= 15 is 0 Å². The van der Waals surface area contributed by atoms with Crippen LogP contribution >= 0.6 is 0 Å². The summed E-state index contributed by atoms with van der Waals surface area (Å²) in [6, 6.07) is 1.31. The Morgan fingerprint density at radius 2 is 1.89 bits per heavy atom. The molecule has 0 radical (unpaired) electrons. The van der Waals surface area contributed by atoms with Gasteiger partial charge in [0.1, 0.15) is 6.23 Å². The van der Waals surface area contributed by atoms with Crippen LogP contribution in [0.15, 0.2) is 36.6 Å². The van der Waals surface area contributed by atoms with Gasteiger partial charge in [0.25, 0.3) is 0 Å². The number of amides is 1. The lowest BCUT2D eigenvalue weighted by Gasteiger charge is -2.33. The number of fused-ring (bicyclic) bond motifs is 1. The topological polar surface area (TPSA) is 109 Å². The Hall–Kier alpha value is -1.71. The van der Waals surface area contributed by atoms with Crippen molar-refractivity contribution in [1.29, 1.82) is 0 Å². The highest BCUT2D eigenvalue weighted by Gasteiger charge is 2.42. The van der Waals surface area contributed by atoms with Crippen molar-refractivity contribution >= 4 is 5.91 Å². The van der Waals surface area contributed by atoms with Gasteiger partial charge in [-0.15, -0.1) is 0 Å². The van der Waals surface area contributed by atoms with Gasteiger partial charge >= 0.3 is 0 Å². The fourth-order valence-electron chi connectivity index (χ4n) is 6.55. The summed E-state index contributed by atoms with van der Waals surface area (Å²) in [7, 11) is 0. The van der Waals surface area contributed by atoms with E-state index in [0.29, 0.717) is 24.0 Å². The molecule has 5 rings (SSSR count). The third-order valence-corrected chi connectivity index (χ3v) is 9.20. The van der Waals surface area contributed by atoms with E-state index in [-0.39, 0.29) is 42.3 Å². The number of carbonyl (C=O) groups is 1. The first kappa shape index (κ1) is 27.8. The molecular weight excluding hydrogens is 476 g/mol. The quantitative estimate of drug-likeness (QED) is 0.173. The van der Waals surface area contributed by atoms with Gasteiger partial charge in [0, 0.05) is 48.1 Å². The SMILES string of the molecule is C=C1C[C@@H](NC(=O)C2CC2)CCCN[C@@H]([C@H](C/C=C\C)C(=C)C2NC3C[C@H](N[C@H](O)C4CC4)CC[C@@H]3N2)N1. The molecule has 2 saturated heterocycles. The molecule has 1 amide bonds. The van der Waals surface area contributed by atoms with Crippen LogP contribution < -0.4 is 31.9 Å². The van der Waals surface area contributed by atoms with Crippen LogP contribution in [0.2, 0.25) is 0 Å². The maximum absolute atomic E-state index is 12.4. The minimum Gasteiger partial charge on any atom is -0.378 e. The van der Waals surface area contributed by atoms with E-state index in [9.17, 15) is 9.90 Å². The van der Waals surface area contributed by atoms with Crippen LogP contribution in [0.4, 0.5) is 0 Å². The van der Waals surface area contributed by atoms with E-state index in [4.69, 9.17) is 0 Å². The molecule has 7 N–H and O–H groups in total. The highest BCUT2D eigenvalue weighted by molar-refractivity contribution is 5.81. The van der Waals surface area contributed by atoms with Gasteiger partial charge in [-0.05, 0) is 89.2 Å². The van der Waals surface area contributed by atoms with Gasteiger partial charge in [-0.3, -0.25) is 26.1 Å². The van der Waals surface area contributed by atoms with Crippen molar-refractivity contribution in [3.05, 3.63) is 36.6 Å². The first-order chi connectivity index (χ1) is 18.4. The summed E-state index contributed by atoms with van der Waals surface area (Å²) >= 11 is 0. The predicted molar refractivity (Wildman–Crippen MR) is 152 cm³/mol. The van der Waals surface area contributed by atoms with Crippen LogP contribution in [-0.4, -0.2) is 60.3 Å². The van der Waals surface area contributed by atoms with Crippen molar-refractivity contribution < 1.29 is 9.90 Å². The fourth-order valence-corrected chi connectivity index (χ4v) is 6.55. The standard InChI is InChI=1S/C30H50N6O2/c1-4-5-8-24(28-31-15-6-7-22(16-18(2)32-28)33-29(37)20-9-10-20)19(3)27-35-25-14-13-23(17-26(25)36-27)34-30(38)21-11-12-21/h4-5,20-28,30-32,34-36,38H,2-3,6-17H2,1H3,(H,33,37)/b5-4-/t22-,23+,24+,25-,26?,27?,28+,30+/m0/s1. The second kappa shape index (κ2) is 12.6. The van der Waals surface area contributed by atoms with Gasteiger partial charge in [-0.25, -0.2) is 0 Å². The lowest BCUT2D eigenvalue weighted by Crippen LogP contribution is -2.51. The minimum atomic E-state index is -0.350. The Morgan fingerprint density at radius 1 is 1.11 bits per heavy atom. The molecule has 8 nitrogen and oxygen atoms in total. The number of nitrogens with one attached hydrogen (secondary N) is 6. The van der Waals surface area contributed by atoms with E-state index in [1.54, 1.807) is 0 Å². The van der Waals surface area contributed by atoms with Gasteiger partial charge in [0.2, 0.25) is 5.91 Å². The van der Waals surface area contributed by atoms with Crippen LogP contribution in [0, 0.1) is 17.8 Å². The first-order valence-corrected chi connectivity index (χ1v) is 15.2. The molecule has 2 unspecified atom stereocenters. The second-order valence-corrected chi connectivity index (χ2v) is 12.4. The zero-order valence-electron chi connectivity index (χ0n) is 23.2. The van der Waals surface area contributed by atoms with Crippen LogP contribution in [0.5, 0.6) is 0 Å². The van der Waals surface area contributed by atoms with Crippen LogP contribution in [-0.2, 0) is 4.79 Å². The van der Waals surface area contributed by atoms with E-state index in [1.807, 2.05) is 0 Å². The molecule has 212 valence electrons. The number of rotatable bonds is 10. The maximum Gasteiger partial charge on any atom is 0.223 e. The predicted octanol–water partition coefficient (Wildman–Crippen LogP) is 2.35. The van der Waals surface area contributed by atoms with Gasteiger partial charge in [-0.1, -0.05) is 25.3 Å². The van der Waals surface area contributed by atoms with Crippen LogP contribution in [0.1, 0.15) is 77.6 Å². The van der Waals surface area contributed by atoms with Crippen molar-refractivity contribution in [1.82, 2.24) is 31.9 Å². The fraction of sp³-hybridized carbons (Fsp3) is 0.767. The number of aliphatic hydroxyl groups excluding tert-OH is 1. The second-order valence-electron chi connectivity index (χ2n) is 12.4. The molecule has 0 spiro atoms. The highest BCUT2D eigenvalue weighted by atomic mass is 16.3. The molecule has 8 heteroatoms. The average molecular weight is 527 g/mol. The lowest BCUT2D eigenvalue weighted by molar-refractivity contribution is -0.123. The smallest absolute Gasteiger partial charge is 0.223 e. The summed E-state index contributed by atoms with van der Waals surface area (Å²) in [5.74, 6) is 1.07. The molecule has 2 aliphatic heterocycles. The lowest BCUT2D eigenvalue weighted by atomic mass is 9.87. The minimum absolute atomic E-state index is 0.0263. The summed E-state index contributed by atoms with van der Waals surface area (Å²) in [5, 5.41) is 32.3. The molecule has 5 fully saturated rings. The van der Waals surface area contributed by atoms with Gasteiger partial charge in [0.05, 0.1) is 12.3 Å². The molecule has 0 aromatic heterocycles. The summed E-state index contributed by atoms with van der Waals surface area (Å²) in [6.07, 6.45) is 15.3. The van der Waals surface area contributed by atoms with Crippen molar-refractivity contribution in [3.8, 4) is 0 Å². The van der Waals surface area contributed by atoms with Gasteiger partial charge in [0.15, 0.2) is 0 Å². The van der Waals surface area contributed by atoms with Crippen molar-refractivity contribution in [2.45, 2.75) is 120 Å². The van der Waals surface area contributed by atoms with E-state index in [1.165, 1.54) is 0 Å². The van der Waals surface area contributed by atoms with Gasteiger partial charge < -0.3 is 15.7 Å². The van der Waals surface area contributed by atoms with Crippen molar-refractivity contribution in [2.75, 3.05) is 6.54 Å².